The molecular formula is C17H16BrFN4O2. The van der Waals surface area contributed by atoms with Crippen molar-refractivity contribution in [2.45, 2.75) is 26.4 Å². The van der Waals surface area contributed by atoms with Gasteiger partial charge >= 0.3 is 0 Å². The molecule has 130 valence electrons. The average Bonchev–Trinajstić information content (AvgIpc) is 3.18. The number of amides is 1. The van der Waals surface area contributed by atoms with E-state index >= 15 is 0 Å². The Bertz CT molecular complexity index is 904. The molecule has 8 heteroatoms. The topological polar surface area (TPSA) is 73.0 Å². The van der Waals surface area contributed by atoms with Gasteiger partial charge in [0.1, 0.15) is 18.1 Å². The highest BCUT2D eigenvalue weighted by Crippen LogP contribution is 2.26. The molecule has 0 saturated carbocycles. The summed E-state index contributed by atoms with van der Waals surface area (Å²) in [6.45, 7) is 3.96. The average molecular weight is 407 g/mol. The molecule has 0 aliphatic carbocycles. The molecule has 0 saturated heterocycles. The van der Waals surface area contributed by atoms with Crippen molar-refractivity contribution in [2.24, 2.45) is 0 Å². The molecule has 0 spiro atoms. The Labute approximate surface area is 152 Å². The molecule has 3 aromatic rings. The van der Waals surface area contributed by atoms with Crippen LogP contribution in [0, 0.1) is 5.82 Å². The molecule has 0 aliphatic rings. The van der Waals surface area contributed by atoms with Crippen LogP contribution in [-0.2, 0) is 11.3 Å². The second kappa shape index (κ2) is 7.18. The highest BCUT2D eigenvalue weighted by atomic mass is 79.9. The second-order valence-corrected chi connectivity index (χ2v) is 6.65. The Hall–Kier alpha value is -2.48. The number of carbonyl (C=O) groups excluding carboxylic acids is 1. The van der Waals surface area contributed by atoms with Gasteiger partial charge < -0.3 is 14.4 Å². The summed E-state index contributed by atoms with van der Waals surface area (Å²) in [5, 5.41) is 6.77. The minimum Gasteiger partial charge on any atom is -0.352 e. The zero-order chi connectivity index (χ0) is 18.0. The number of nitrogens with zero attached hydrogens (tertiary/aromatic N) is 3. The van der Waals surface area contributed by atoms with Crippen LogP contribution in [0.15, 0.2) is 45.5 Å². The van der Waals surface area contributed by atoms with Gasteiger partial charge in [0.2, 0.25) is 11.7 Å². The lowest BCUT2D eigenvalue weighted by atomic mass is 10.2. The maximum atomic E-state index is 13.4. The molecular weight excluding hydrogens is 391 g/mol. The van der Waals surface area contributed by atoms with Crippen molar-refractivity contribution in [1.82, 2.24) is 20.0 Å². The van der Waals surface area contributed by atoms with Gasteiger partial charge in [-0.2, -0.15) is 4.98 Å². The molecule has 6 nitrogen and oxygen atoms in total. The third-order valence-corrected chi connectivity index (χ3v) is 4.02. The predicted octanol–water partition coefficient (Wildman–Crippen LogP) is 3.63. The molecule has 0 unspecified atom stereocenters. The Morgan fingerprint density at radius 1 is 1.40 bits per heavy atom. The minimum atomic E-state index is -0.363. The fraction of sp³-hybridized carbons (Fsp3) is 0.235. The molecule has 1 aromatic carbocycles. The van der Waals surface area contributed by atoms with Gasteiger partial charge in [-0.15, -0.1) is 0 Å². The normalized spacial score (nSPS) is 11.1. The summed E-state index contributed by atoms with van der Waals surface area (Å²) >= 11 is 3.14. The SMILES string of the molecule is CC(C)NC(=O)Cn1cccc1-c1nc(-c2ccc(F)c(Br)c2)no1. The van der Waals surface area contributed by atoms with E-state index in [1.807, 2.05) is 13.8 Å². The van der Waals surface area contributed by atoms with Gasteiger partial charge in [0.25, 0.3) is 5.89 Å². The van der Waals surface area contributed by atoms with Crippen LogP contribution in [0.4, 0.5) is 4.39 Å². The van der Waals surface area contributed by atoms with Crippen LogP contribution >= 0.6 is 15.9 Å². The molecule has 0 aliphatic heterocycles. The lowest BCUT2D eigenvalue weighted by Gasteiger charge is -2.10. The fourth-order valence-electron chi connectivity index (χ4n) is 2.35. The standard InChI is InChI=1S/C17H16BrFN4O2/c1-10(2)20-15(24)9-23-7-3-4-14(23)17-21-16(22-25-17)11-5-6-13(19)12(18)8-11/h3-8,10H,9H2,1-2H3,(H,20,24). The van der Waals surface area contributed by atoms with E-state index in [0.29, 0.717) is 21.6 Å². The predicted molar refractivity (Wildman–Crippen MR) is 94.1 cm³/mol. The molecule has 0 atom stereocenters. The van der Waals surface area contributed by atoms with Crippen molar-refractivity contribution in [3.05, 3.63) is 46.8 Å². The van der Waals surface area contributed by atoms with Crippen molar-refractivity contribution in [3.8, 4) is 23.0 Å². The van der Waals surface area contributed by atoms with Crippen LogP contribution in [0.2, 0.25) is 0 Å². The maximum absolute atomic E-state index is 13.4. The van der Waals surface area contributed by atoms with Crippen molar-refractivity contribution in [3.63, 3.8) is 0 Å². The Balaban J connectivity index is 1.84. The van der Waals surface area contributed by atoms with Crippen LogP contribution in [0.1, 0.15) is 13.8 Å². The van der Waals surface area contributed by atoms with Gasteiger partial charge in [0.15, 0.2) is 0 Å². The quantitative estimate of drug-likeness (QED) is 0.701. The van der Waals surface area contributed by atoms with E-state index in [0.717, 1.165) is 0 Å². The Morgan fingerprint density at radius 3 is 2.92 bits per heavy atom. The first kappa shape index (κ1) is 17.3. The first-order chi connectivity index (χ1) is 11.9. The highest BCUT2D eigenvalue weighted by Gasteiger charge is 2.16. The largest absolute Gasteiger partial charge is 0.352 e. The number of carbonyl (C=O) groups is 1. The lowest BCUT2D eigenvalue weighted by molar-refractivity contribution is -0.122. The number of nitrogens with one attached hydrogen (secondary N) is 1. The smallest absolute Gasteiger partial charge is 0.274 e. The monoisotopic (exact) mass is 406 g/mol. The molecule has 0 fully saturated rings. The molecule has 3 rings (SSSR count). The zero-order valence-electron chi connectivity index (χ0n) is 13.7. The third-order valence-electron chi connectivity index (χ3n) is 3.42. The molecule has 1 amide bonds. The van der Waals surface area contributed by atoms with E-state index in [2.05, 4.69) is 31.4 Å². The number of hydrogen-bond acceptors (Lipinski definition) is 4. The van der Waals surface area contributed by atoms with Gasteiger partial charge in [-0.1, -0.05) is 5.16 Å². The van der Waals surface area contributed by atoms with E-state index in [-0.39, 0.29) is 30.2 Å². The van der Waals surface area contributed by atoms with Crippen LogP contribution in [0.25, 0.3) is 23.0 Å². The summed E-state index contributed by atoms with van der Waals surface area (Å²) in [4.78, 5) is 16.3. The number of aromatic nitrogens is 3. The minimum absolute atomic E-state index is 0.0680. The Morgan fingerprint density at radius 2 is 2.20 bits per heavy atom. The van der Waals surface area contributed by atoms with E-state index in [9.17, 15) is 9.18 Å². The van der Waals surface area contributed by atoms with Gasteiger partial charge in [0, 0.05) is 17.8 Å². The summed E-state index contributed by atoms with van der Waals surface area (Å²) in [5.74, 6) is 0.167. The van der Waals surface area contributed by atoms with Crippen LogP contribution in [-0.4, -0.2) is 26.7 Å². The molecule has 2 heterocycles. The van der Waals surface area contributed by atoms with Crippen LogP contribution < -0.4 is 5.32 Å². The van der Waals surface area contributed by atoms with Gasteiger partial charge in [-0.25, -0.2) is 4.39 Å². The summed E-state index contributed by atoms with van der Waals surface area (Å²) < 4.78 is 20.7. The first-order valence-electron chi connectivity index (χ1n) is 7.68. The maximum Gasteiger partial charge on any atom is 0.274 e. The second-order valence-electron chi connectivity index (χ2n) is 5.80. The molecule has 0 bridgehead atoms. The zero-order valence-corrected chi connectivity index (χ0v) is 15.2. The third kappa shape index (κ3) is 3.96. The van der Waals surface area contributed by atoms with Gasteiger partial charge in [0.05, 0.1) is 4.47 Å². The summed E-state index contributed by atoms with van der Waals surface area (Å²) in [6, 6.07) is 8.15. The molecule has 0 radical (unpaired) electrons. The van der Waals surface area contributed by atoms with Crippen LogP contribution in [0.3, 0.4) is 0 Å². The van der Waals surface area contributed by atoms with Crippen molar-refractivity contribution >= 4 is 21.8 Å². The Kier molecular flexibility index (Phi) is 4.98. The van der Waals surface area contributed by atoms with Crippen molar-refractivity contribution < 1.29 is 13.7 Å². The fourth-order valence-corrected chi connectivity index (χ4v) is 2.73. The molecule has 1 N–H and O–H groups in total. The summed E-state index contributed by atoms with van der Waals surface area (Å²) in [6.07, 6.45) is 1.77. The van der Waals surface area contributed by atoms with Crippen LogP contribution in [0.5, 0.6) is 0 Å². The molecule has 25 heavy (non-hydrogen) atoms. The number of hydrogen-bond donors (Lipinski definition) is 1. The summed E-state index contributed by atoms with van der Waals surface area (Å²) in [5.41, 5.74) is 1.26. The summed E-state index contributed by atoms with van der Waals surface area (Å²) in [7, 11) is 0. The van der Waals surface area contributed by atoms with E-state index in [1.54, 1.807) is 35.0 Å². The number of benzene rings is 1. The molecule has 2 aromatic heterocycles. The van der Waals surface area contributed by atoms with Crippen molar-refractivity contribution in [1.29, 1.82) is 0 Å². The first-order valence-corrected chi connectivity index (χ1v) is 8.47. The van der Waals surface area contributed by atoms with E-state index in [1.165, 1.54) is 6.07 Å². The lowest BCUT2D eigenvalue weighted by Crippen LogP contribution is -2.33. The number of halogens is 2. The van der Waals surface area contributed by atoms with Gasteiger partial charge in [-0.05, 0) is 60.1 Å². The van der Waals surface area contributed by atoms with E-state index < -0.39 is 0 Å². The van der Waals surface area contributed by atoms with Crippen molar-refractivity contribution in [2.75, 3.05) is 0 Å². The highest BCUT2D eigenvalue weighted by molar-refractivity contribution is 9.10. The van der Waals surface area contributed by atoms with E-state index in [4.69, 9.17) is 4.52 Å². The number of rotatable bonds is 5. The van der Waals surface area contributed by atoms with Gasteiger partial charge in [-0.3, -0.25) is 4.79 Å².